The molecule has 13 nitrogen and oxygen atoms in total. The SMILES string of the molecule is Cc1cc2[nH]ncc2c(-c2nc3c4c(nc(OC[C@@]56CCCN5C[C@H](F)C6)nc4c2F)N([C@H](C)c2cc(F)cnc2N)[C@@H](C)CO3)c1C1CC1F.O=C(O)C(F)(F)F. The first-order chi connectivity index (χ1) is 27.5. The van der Waals surface area contributed by atoms with Gasteiger partial charge in [0.05, 0.1) is 35.5 Å². The lowest BCUT2D eigenvalue weighted by Crippen LogP contribution is -2.43. The number of aromatic nitrogens is 6. The number of rotatable bonds is 7. The summed E-state index contributed by atoms with van der Waals surface area (Å²) >= 11 is 0. The van der Waals surface area contributed by atoms with Crippen molar-refractivity contribution in [1.82, 2.24) is 35.0 Å². The Morgan fingerprint density at radius 3 is 2.64 bits per heavy atom. The summed E-state index contributed by atoms with van der Waals surface area (Å²) in [5.74, 6) is -4.03. The molecule has 20 heteroatoms. The molecule has 7 heterocycles. The maximum atomic E-state index is 17.4. The number of H-pyrrole nitrogens is 1. The molecule has 2 saturated heterocycles. The summed E-state index contributed by atoms with van der Waals surface area (Å²) in [5, 5.41) is 15.1. The van der Waals surface area contributed by atoms with Gasteiger partial charge in [-0.05, 0) is 69.8 Å². The fourth-order valence-corrected chi connectivity index (χ4v) is 8.71. The number of hydrogen-bond donors (Lipinski definition) is 3. The number of nitrogens with one attached hydrogen (secondary N) is 1. The Labute approximate surface area is 325 Å². The smallest absolute Gasteiger partial charge is 0.475 e. The molecule has 4 N–H and O–H groups in total. The van der Waals surface area contributed by atoms with Gasteiger partial charge in [0, 0.05) is 35.4 Å². The molecule has 3 fully saturated rings. The predicted octanol–water partition coefficient (Wildman–Crippen LogP) is 6.89. The van der Waals surface area contributed by atoms with E-state index in [1.165, 1.54) is 6.07 Å². The van der Waals surface area contributed by atoms with E-state index in [1.807, 2.05) is 31.7 Å². The topological polar surface area (TPSA) is 168 Å². The molecule has 0 radical (unpaired) electrons. The third kappa shape index (κ3) is 6.83. The van der Waals surface area contributed by atoms with Crippen molar-refractivity contribution >= 4 is 39.4 Å². The lowest BCUT2D eigenvalue weighted by Gasteiger charge is -2.35. The highest BCUT2D eigenvalue weighted by Gasteiger charge is 2.50. The van der Waals surface area contributed by atoms with E-state index in [2.05, 4.69) is 25.1 Å². The molecule has 6 atom stereocenters. The molecule has 1 saturated carbocycles. The predicted molar refractivity (Wildman–Crippen MR) is 196 cm³/mol. The van der Waals surface area contributed by atoms with Gasteiger partial charge in [-0.25, -0.2) is 32.3 Å². The molecule has 9 rings (SSSR count). The van der Waals surface area contributed by atoms with Crippen LogP contribution in [0.25, 0.3) is 33.1 Å². The number of hydrogen-bond acceptors (Lipinski definition) is 11. The lowest BCUT2D eigenvalue weighted by atomic mass is 9.91. The summed E-state index contributed by atoms with van der Waals surface area (Å²) in [5.41, 5.74) is 8.50. The standard InChI is InChI=1S/C36H37F4N9O2.C2HF3O2/c1-16-7-25-23(12-43-47-25)27(26(16)22-9-24(22)39)30-29(40)31-28-33(46-35(45-31)51-15-36-5-4-6-48(36)13-20(38)10-36)49(17(2)14-50-34(28)44-30)18(3)21-8-19(37)11-42-32(21)41;3-2(4,5)1(6)7/h7-8,11-12,17-18,20,22,24H,4-6,9-10,13-15H2,1-3H3,(H2,41,42)(H,43,47);(H,6,7)/t17-,18+,20+,22?,24?,36-;/m0./s1. The molecule has 4 aliphatic rings. The third-order valence-corrected chi connectivity index (χ3v) is 11.5. The second kappa shape index (κ2) is 14.4. The average Bonchev–Trinajstić information content (AvgIpc) is 3.41. The van der Waals surface area contributed by atoms with Crippen molar-refractivity contribution in [3.63, 3.8) is 0 Å². The largest absolute Gasteiger partial charge is 0.490 e. The zero-order valence-electron chi connectivity index (χ0n) is 31.4. The molecule has 0 bridgehead atoms. The van der Waals surface area contributed by atoms with E-state index < -0.39 is 59.7 Å². The van der Waals surface area contributed by atoms with Crippen LogP contribution in [0.5, 0.6) is 11.9 Å². The summed E-state index contributed by atoms with van der Waals surface area (Å²) in [4.78, 5) is 31.2. The van der Waals surface area contributed by atoms with E-state index in [0.717, 1.165) is 31.1 Å². The summed E-state index contributed by atoms with van der Waals surface area (Å²) in [6, 6.07) is 2.07. The highest BCUT2D eigenvalue weighted by atomic mass is 19.4. The van der Waals surface area contributed by atoms with Crippen LogP contribution in [0.15, 0.2) is 24.5 Å². The zero-order chi connectivity index (χ0) is 41.4. The van der Waals surface area contributed by atoms with Gasteiger partial charge in [0.2, 0.25) is 5.88 Å². The Morgan fingerprint density at radius 1 is 1.19 bits per heavy atom. The Balaban J connectivity index is 0.000000617. The Morgan fingerprint density at radius 2 is 1.93 bits per heavy atom. The third-order valence-electron chi connectivity index (χ3n) is 11.5. The van der Waals surface area contributed by atoms with Crippen LogP contribution in [0.1, 0.15) is 68.2 Å². The number of nitrogen functional groups attached to an aromatic ring is 1. The molecule has 0 spiro atoms. The van der Waals surface area contributed by atoms with Gasteiger partial charge in [-0.3, -0.25) is 10.00 Å². The van der Waals surface area contributed by atoms with E-state index in [0.29, 0.717) is 47.0 Å². The van der Waals surface area contributed by atoms with Crippen molar-refractivity contribution in [3.05, 3.63) is 52.9 Å². The zero-order valence-corrected chi connectivity index (χ0v) is 31.4. The minimum Gasteiger partial charge on any atom is -0.475 e. The maximum absolute atomic E-state index is 17.4. The molecule has 4 aromatic heterocycles. The van der Waals surface area contributed by atoms with E-state index in [4.69, 9.17) is 35.1 Å². The molecular weight excluding hydrogens is 779 g/mol. The summed E-state index contributed by atoms with van der Waals surface area (Å²) in [6.45, 7) is 6.91. The first-order valence-corrected chi connectivity index (χ1v) is 18.6. The summed E-state index contributed by atoms with van der Waals surface area (Å²) < 4.78 is 106. The quantitative estimate of drug-likeness (QED) is 0.146. The Bertz CT molecular complexity index is 2430. The van der Waals surface area contributed by atoms with Crippen LogP contribution in [-0.4, -0.2) is 103 Å². The number of nitrogens with zero attached hydrogens (tertiary/aromatic N) is 7. The number of ether oxygens (including phenoxy) is 2. The Hall–Kier alpha value is -5.53. The fraction of sp³-hybridized carbons (Fsp3) is 0.474. The lowest BCUT2D eigenvalue weighted by molar-refractivity contribution is -0.192. The van der Waals surface area contributed by atoms with E-state index in [-0.39, 0.29) is 53.3 Å². The molecule has 58 heavy (non-hydrogen) atoms. The number of carboxylic acids is 1. The first kappa shape index (κ1) is 39.3. The van der Waals surface area contributed by atoms with Gasteiger partial charge in [0.1, 0.15) is 59.6 Å². The number of aliphatic carboxylic acids is 1. The number of nitrogens with two attached hydrogens (primary N) is 1. The molecule has 2 unspecified atom stereocenters. The van der Waals surface area contributed by atoms with Crippen LogP contribution in [0.2, 0.25) is 0 Å². The number of benzene rings is 1. The highest BCUT2D eigenvalue weighted by molar-refractivity contribution is 6.02. The second-order valence-corrected chi connectivity index (χ2v) is 15.3. The number of alkyl halides is 5. The number of carboxylic acid groups (broad SMARTS) is 1. The number of fused-ring (bicyclic) bond motifs is 2. The monoisotopic (exact) mass is 817 g/mol. The van der Waals surface area contributed by atoms with Crippen molar-refractivity contribution < 1.29 is 50.1 Å². The van der Waals surface area contributed by atoms with E-state index in [1.54, 1.807) is 6.20 Å². The van der Waals surface area contributed by atoms with Crippen molar-refractivity contribution in [2.45, 2.75) is 88.5 Å². The molecule has 5 aromatic rings. The van der Waals surface area contributed by atoms with Crippen LogP contribution < -0.4 is 20.1 Å². The average molecular weight is 818 g/mol. The first-order valence-electron chi connectivity index (χ1n) is 18.6. The number of aromatic amines is 1. The number of halogens is 7. The Kier molecular flexibility index (Phi) is 9.75. The molecule has 3 aliphatic heterocycles. The second-order valence-electron chi connectivity index (χ2n) is 15.3. The molecule has 1 aliphatic carbocycles. The van der Waals surface area contributed by atoms with E-state index >= 15 is 4.39 Å². The fourth-order valence-electron chi connectivity index (χ4n) is 8.71. The number of aryl methyl sites for hydroxylation is 1. The van der Waals surface area contributed by atoms with Gasteiger partial charge in [-0.1, -0.05) is 0 Å². The highest BCUT2D eigenvalue weighted by Crippen LogP contribution is 2.52. The molecule has 308 valence electrons. The number of anilines is 2. The van der Waals surface area contributed by atoms with Crippen molar-refractivity contribution in [1.29, 1.82) is 0 Å². The van der Waals surface area contributed by atoms with Gasteiger partial charge in [-0.2, -0.15) is 28.2 Å². The molecular formula is C38H38F7N9O4. The van der Waals surface area contributed by atoms with Crippen LogP contribution in [-0.2, 0) is 4.79 Å². The minimum atomic E-state index is -5.08. The van der Waals surface area contributed by atoms with Crippen molar-refractivity contribution in [2.75, 3.05) is 36.9 Å². The number of pyridine rings is 2. The van der Waals surface area contributed by atoms with Gasteiger partial charge >= 0.3 is 18.2 Å². The maximum Gasteiger partial charge on any atom is 0.490 e. The van der Waals surface area contributed by atoms with Crippen molar-refractivity contribution in [3.8, 4) is 23.1 Å². The van der Waals surface area contributed by atoms with Gasteiger partial charge in [0.15, 0.2) is 5.82 Å². The summed E-state index contributed by atoms with van der Waals surface area (Å²) in [6.07, 6.45) is -2.16. The van der Waals surface area contributed by atoms with Crippen LogP contribution in [0, 0.1) is 18.6 Å². The van der Waals surface area contributed by atoms with Gasteiger partial charge in [0.25, 0.3) is 0 Å². The van der Waals surface area contributed by atoms with Crippen molar-refractivity contribution in [2.24, 2.45) is 0 Å². The summed E-state index contributed by atoms with van der Waals surface area (Å²) in [7, 11) is 0. The molecule has 1 aromatic carbocycles. The van der Waals surface area contributed by atoms with Gasteiger partial charge < -0.3 is 25.2 Å². The minimum absolute atomic E-state index is 0.0540. The molecule has 0 amide bonds. The van der Waals surface area contributed by atoms with E-state index in [9.17, 15) is 26.3 Å². The number of carbonyl (C=O) groups is 1. The van der Waals surface area contributed by atoms with Crippen LogP contribution >= 0.6 is 0 Å². The van der Waals surface area contributed by atoms with Crippen LogP contribution in [0.3, 0.4) is 0 Å². The van der Waals surface area contributed by atoms with Crippen LogP contribution in [0.4, 0.5) is 42.4 Å². The van der Waals surface area contributed by atoms with Gasteiger partial charge in [-0.15, -0.1) is 0 Å². The normalized spacial score (nSPS) is 24.6.